The first kappa shape index (κ1) is 14.6. The second-order valence-corrected chi connectivity index (χ2v) is 6.16. The summed E-state index contributed by atoms with van der Waals surface area (Å²) >= 11 is 11.6. The smallest absolute Gasteiger partial charge is 0.341 e. The fourth-order valence-corrected chi connectivity index (χ4v) is 3.17. The third-order valence-corrected chi connectivity index (χ3v) is 3.94. The third-order valence-electron chi connectivity index (χ3n) is 3.44. The lowest BCUT2D eigenvalue weighted by atomic mass is 9.82. The van der Waals surface area contributed by atoms with Gasteiger partial charge in [-0.25, -0.2) is 9.78 Å². The average Bonchev–Trinajstić information content (AvgIpc) is 2.26. The van der Waals surface area contributed by atoms with Crippen molar-refractivity contribution in [3.05, 3.63) is 28.0 Å². The SMILES string of the molecule is CC1CC(C)CC(OC(=O)c2ccc(Cl)nc2Cl)C1. The number of ether oxygens (including phenoxy) is 1. The molecule has 1 fully saturated rings. The molecule has 2 rings (SSSR count). The normalized spacial score (nSPS) is 27.1. The van der Waals surface area contributed by atoms with Gasteiger partial charge in [0.2, 0.25) is 0 Å². The van der Waals surface area contributed by atoms with Crippen molar-refractivity contribution in [1.29, 1.82) is 0 Å². The molecule has 1 aliphatic rings. The van der Waals surface area contributed by atoms with E-state index in [1.54, 1.807) is 6.07 Å². The van der Waals surface area contributed by atoms with Crippen LogP contribution < -0.4 is 0 Å². The predicted molar refractivity (Wildman–Crippen MR) is 75.6 cm³/mol. The van der Waals surface area contributed by atoms with Crippen molar-refractivity contribution in [2.75, 3.05) is 0 Å². The van der Waals surface area contributed by atoms with Crippen molar-refractivity contribution in [3.63, 3.8) is 0 Å². The number of carbonyl (C=O) groups is 1. The van der Waals surface area contributed by atoms with Crippen LogP contribution in [0.4, 0.5) is 0 Å². The molecule has 1 aromatic rings. The van der Waals surface area contributed by atoms with E-state index in [4.69, 9.17) is 27.9 Å². The van der Waals surface area contributed by atoms with Crippen molar-refractivity contribution in [1.82, 2.24) is 4.98 Å². The van der Waals surface area contributed by atoms with E-state index in [2.05, 4.69) is 18.8 Å². The maximum absolute atomic E-state index is 12.1. The highest BCUT2D eigenvalue weighted by molar-refractivity contribution is 6.34. The summed E-state index contributed by atoms with van der Waals surface area (Å²) in [4.78, 5) is 15.9. The molecule has 19 heavy (non-hydrogen) atoms. The molecule has 0 aliphatic heterocycles. The van der Waals surface area contributed by atoms with E-state index >= 15 is 0 Å². The molecule has 5 heteroatoms. The lowest BCUT2D eigenvalue weighted by molar-refractivity contribution is 0.00804. The van der Waals surface area contributed by atoms with E-state index in [1.165, 1.54) is 12.5 Å². The Morgan fingerprint density at radius 1 is 1.21 bits per heavy atom. The van der Waals surface area contributed by atoms with Gasteiger partial charge in [-0.3, -0.25) is 0 Å². The molecule has 0 bridgehead atoms. The van der Waals surface area contributed by atoms with Crippen LogP contribution in [0.15, 0.2) is 12.1 Å². The Hall–Kier alpha value is -0.800. The lowest BCUT2D eigenvalue weighted by Gasteiger charge is -2.31. The van der Waals surface area contributed by atoms with Gasteiger partial charge in [0.15, 0.2) is 0 Å². The molecule has 0 amide bonds. The molecule has 1 heterocycles. The quantitative estimate of drug-likeness (QED) is 0.601. The topological polar surface area (TPSA) is 39.2 Å². The number of esters is 1. The van der Waals surface area contributed by atoms with Crippen LogP contribution in [0.25, 0.3) is 0 Å². The summed E-state index contributed by atoms with van der Waals surface area (Å²) in [5.74, 6) is 0.751. The van der Waals surface area contributed by atoms with E-state index in [9.17, 15) is 4.79 Å². The fourth-order valence-electron chi connectivity index (χ4n) is 2.75. The zero-order valence-corrected chi connectivity index (χ0v) is 12.5. The van der Waals surface area contributed by atoms with Crippen LogP contribution in [-0.4, -0.2) is 17.1 Å². The molecular formula is C14H17Cl2NO2. The first-order chi connectivity index (χ1) is 8.95. The third kappa shape index (κ3) is 3.83. The molecule has 1 aliphatic carbocycles. The molecule has 2 atom stereocenters. The van der Waals surface area contributed by atoms with Gasteiger partial charge in [0, 0.05) is 0 Å². The Morgan fingerprint density at radius 2 is 1.84 bits per heavy atom. The predicted octanol–water partition coefficient (Wildman–Crippen LogP) is 4.37. The molecule has 0 radical (unpaired) electrons. The van der Waals surface area contributed by atoms with Gasteiger partial charge in [-0.2, -0.15) is 0 Å². The molecule has 0 aromatic carbocycles. The van der Waals surface area contributed by atoms with E-state index in [1.807, 2.05) is 0 Å². The van der Waals surface area contributed by atoms with Crippen LogP contribution in [0.1, 0.15) is 43.5 Å². The van der Waals surface area contributed by atoms with Crippen LogP contribution in [0.2, 0.25) is 10.3 Å². The number of rotatable bonds is 2. The summed E-state index contributed by atoms with van der Waals surface area (Å²) in [5.41, 5.74) is 0.275. The van der Waals surface area contributed by atoms with E-state index < -0.39 is 5.97 Å². The zero-order valence-electron chi connectivity index (χ0n) is 11.0. The van der Waals surface area contributed by atoms with Gasteiger partial charge in [0.1, 0.15) is 16.4 Å². The van der Waals surface area contributed by atoms with Gasteiger partial charge in [-0.1, -0.05) is 37.0 Å². The first-order valence-corrected chi connectivity index (χ1v) is 7.24. The Morgan fingerprint density at radius 3 is 2.42 bits per heavy atom. The summed E-state index contributed by atoms with van der Waals surface area (Å²) in [7, 11) is 0. The molecule has 0 saturated heterocycles. The summed E-state index contributed by atoms with van der Waals surface area (Å²) in [6.07, 6.45) is 2.98. The second-order valence-electron chi connectivity index (χ2n) is 5.42. The van der Waals surface area contributed by atoms with Crippen molar-refractivity contribution in [2.24, 2.45) is 11.8 Å². The number of hydrogen-bond donors (Lipinski definition) is 0. The number of aromatic nitrogens is 1. The fraction of sp³-hybridized carbons (Fsp3) is 0.571. The van der Waals surface area contributed by atoms with Gasteiger partial charge < -0.3 is 4.74 Å². The summed E-state index contributed by atoms with van der Waals surface area (Å²) in [6.45, 7) is 4.38. The van der Waals surface area contributed by atoms with Crippen molar-refractivity contribution in [3.8, 4) is 0 Å². The molecule has 104 valence electrons. The van der Waals surface area contributed by atoms with Crippen LogP contribution in [0, 0.1) is 11.8 Å². The highest BCUT2D eigenvalue weighted by Crippen LogP contribution is 2.31. The number of carbonyl (C=O) groups excluding carboxylic acids is 1. The highest BCUT2D eigenvalue weighted by Gasteiger charge is 2.27. The maximum atomic E-state index is 12.1. The summed E-state index contributed by atoms with van der Waals surface area (Å²) in [5, 5.41) is 0.357. The maximum Gasteiger partial charge on any atom is 0.341 e. The molecule has 1 aromatic heterocycles. The number of nitrogens with zero attached hydrogens (tertiary/aromatic N) is 1. The molecular weight excluding hydrogens is 285 g/mol. The van der Waals surface area contributed by atoms with Gasteiger partial charge in [-0.05, 0) is 43.2 Å². The minimum Gasteiger partial charge on any atom is -0.459 e. The molecule has 2 unspecified atom stereocenters. The van der Waals surface area contributed by atoms with Crippen LogP contribution >= 0.6 is 23.2 Å². The van der Waals surface area contributed by atoms with Crippen molar-refractivity contribution >= 4 is 29.2 Å². The van der Waals surface area contributed by atoms with E-state index in [0.29, 0.717) is 11.8 Å². The molecule has 0 spiro atoms. The Labute approximate surface area is 123 Å². The van der Waals surface area contributed by atoms with Gasteiger partial charge in [0.25, 0.3) is 0 Å². The zero-order chi connectivity index (χ0) is 14.0. The number of hydrogen-bond acceptors (Lipinski definition) is 3. The van der Waals surface area contributed by atoms with Crippen LogP contribution in [0.5, 0.6) is 0 Å². The van der Waals surface area contributed by atoms with Gasteiger partial charge in [-0.15, -0.1) is 0 Å². The van der Waals surface area contributed by atoms with Gasteiger partial charge >= 0.3 is 5.97 Å². The minimum atomic E-state index is -0.416. The standard InChI is InChI=1S/C14H17Cl2NO2/c1-8-5-9(2)7-10(6-8)19-14(18)11-3-4-12(15)17-13(11)16/h3-4,8-10H,5-7H2,1-2H3. The minimum absolute atomic E-state index is 0.0296. The second kappa shape index (κ2) is 6.10. The van der Waals surface area contributed by atoms with E-state index in [0.717, 1.165) is 12.8 Å². The van der Waals surface area contributed by atoms with Crippen molar-refractivity contribution < 1.29 is 9.53 Å². The number of halogens is 2. The Bertz CT molecular complexity index is 469. The number of pyridine rings is 1. The Kier molecular flexibility index (Phi) is 4.69. The monoisotopic (exact) mass is 301 g/mol. The van der Waals surface area contributed by atoms with E-state index in [-0.39, 0.29) is 22.0 Å². The molecule has 0 N–H and O–H groups in total. The Balaban J connectivity index is 2.04. The average molecular weight is 302 g/mol. The largest absolute Gasteiger partial charge is 0.459 e. The highest BCUT2D eigenvalue weighted by atomic mass is 35.5. The molecule has 3 nitrogen and oxygen atoms in total. The summed E-state index contributed by atoms with van der Waals surface area (Å²) in [6, 6.07) is 3.09. The van der Waals surface area contributed by atoms with Gasteiger partial charge in [0.05, 0.1) is 5.56 Å². The van der Waals surface area contributed by atoms with Crippen LogP contribution in [-0.2, 0) is 4.74 Å². The first-order valence-electron chi connectivity index (χ1n) is 6.48. The molecule has 1 saturated carbocycles. The van der Waals surface area contributed by atoms with Crippen LogP contribution in [0.3, 0.4) is 0 Å². The van der Waals surface area contributed by atoms with Crippen molar-refractivity contribution in [2.45, 2.75) is 39.2 Å². The summed E-state index contributed by atoms with van der Waals surface area (Å²) < 4.78 is 5.53. The lowest BCUT2D eigenvalue weighted by Crippen LogP contribution is -2.28.